The first-order valence-electron chi connectivity index (χ1n) is 32.9. The summed E-state index contributed by atoms with van der Waals surface area (Å²) >= 11 is 0. The molecule has 6 nitrogen and oxygen atoms in total. The molecule has 0 amide bonds. The lowest BCUT2D eigenvalue weighted by Crippen LogP contribution is -2.00. The number of aromatic nitrogens is 6. The number of hydrogen-bond acceptors (Lipinski definition) is 3. The average molecular weight is 1220 g/mol. The zero-order chi connectivity index (χ0) is 64.3. The summed E-state index contributed by atoms with van der Waals surface area (Å²) in [6.07, 6.45) is 0. The lowest BCUT2D eigenvalue weighted by molar-refractivity contribution is 1.07. The van der Waals surface area contributed by atoms with E-state index in [4.69, 9.17) is 15.0 Å². The average Bonchev–Trinajstić information content (AvgIpc) is 1.58. The van der Waals surface area contributed by atoms with Crippen LogP contribution in [0.15, 0.2) is 267 Å². The molecule has 0 spiro atoms. The van der Waals surface area contributed by atoms with Crippen molar-refractivity contribution in [2.45, 2.75) is 55.4 Å². The molecular formula is C89H68N6. The molecule has 0 aliphatic heterocycles. The number of aryl methyl sites for hydroxylation is 8. The van der Waals surface area contributed by atoms with Crippen LogP contribution in [0.4, 0.5) is 0 Å². The Balaban J connectivity index is 0.898. The normalized spacial score (nSPS) is 11.8. The second-order valence-corrected chi connectivity index (χ2v) is 26.0. The number of rotatable bonds is 10. The summed E-state index contributed by atoms with van der Waals surface area (Å²) in [7, 11) is 0. The molecule has 0 radical (unpaired) electrons. The Morgan fingerprint density at radius 2 is 0.411 bits per heavy atom. The van der Waals surface area contributed by atoms with Gasteiger partial charge in [0.15, 0.2) is 17.5 Å². The fourth-order valence-electron chi connectivity index (χ4n) is 15.6. The minimum Gasteiger partial charge on any atom is -0.309 e. The van der Waals surface area contributed by atoms with Crippen LogP contribution in [0, 0.1) is 55.4 Å². The van der Waals surface area contributed by atoms with Crippen molar-refractivity contribution in [3.8, 4) is 95.7 Å². The second-order valence-electron chi connectivity index (χ2n) is 26.0. The first-order chi connectivity index (χ1) is 46.4. The molecule has 0 unspecified atom stereocenters. The van der Waals surface area contributed by atoms with Crippen LogP contribution in [0.2, 0.25) is 0 Å². The Labute approximate surface area is 553 Å². The third-order valence-electron chi connectivity index (χ3n) is 19.9. The minimum atomic E-state index is 0.614. The Morgan fingerprint density at radius 1 is 0.189 bits per heavy atom. The zero-order valence-electron chi connectivity index (χ0n) is 54.6. The van der Waals surface area contributed by atoms with Gasteiger partial charge in [-0.1, -0.05) is 158 Å². The molecule has 6 heteroatoms. The maximum Gasteiger partial charge on any atom is 0.164 e. The molecule has 95 heavy (non-hydrogen) atoms. The SMILES string of the molecule is Cc1cccc(C)c1-c1ccc2c(c1)c1cc(-c3c(C)cccc3C)ccc1n2-c1ccc2c(c1)c1cc(-n3c4ccc(-c5c(C)cccc5C)cc4c4cc(-c5c(C)cccc5C)ccc43)ccc1n2-c1ccc(-c2nc(-c3ccccc3)nc(-c3ccccc3)n2)cc1. The number of fused-ring (bicyclic) bond motifs is 9. The smallest absolute Gasteiger partial charge is 0.164 e. The summed E-state index contributed by atoms with van der Waals surface area (Å²) in [5.41, 5.74) is 33.0. The summed E-state index contributed by atoms with van der Waals surface area (Å²) in [6.45, 7) is 17.8. The van der Waals surface area contributed by atoms with Gasteiger partial charge in [-0.3, -0.25) is 0 Å². The van der Waals surface area contributed by atoms with E-state index in [1.165, 1.54) is 111 Å². The summed E-state index contributed by atoms with van der Waals surface area (Å²) < 4.78 is 7.41. The van der Waals surface area contributed by atoms with Crippen LogP contribution in [-0.2, 0) is 0 Å². The predicted octanol–water partition coefficient (Wildman–Crippen LogP) is 23.3. The van der Waals surface area contributed by atoms with E-state index in [0.29, 0.717) is 17.5 Å². The van der Waals surface area contributed by atoms with Gasteiger partial charge in [-0.15, -0.1) is 0 Å². The van der Waals surface area contributed by atoms with E-state index in [1.807, 2.05) is 36.4 Å². The Kier molecular flexibility index (Phi) is 13.6. The quantitative estimate of drug-likeness (QED) is 0.137. The molecule has 0 aliphatic rings. The first-order valence-corrected chi connectivity index (χ1v) is 32.9. The lowest BCUT2D eigenvalue weighted by atomic mass is 9.93. The van der Waals surface area contributed by atoms with E-state index >= 15 is 0 Å². The van der Waals surface area contributed by atoms with Crippen LogP contribution in [0.5, 0.6) is 0 Å². The Hall–Kier alpha value is -11.7. The molecule has 0 fully saturated rings. The largest absolute Gasteiger partial charge is 0.309 e. The van der Waals surface area contributed by atoms with E-state index in [9.17, 15) is 0 Å². The van der Waals surface area contributed by atoms with Crippen LogP contribution < -0.4 is 0 Å². The number of benzene rings is 13. The maximum absolute atomic E-state index is 5.12. The van der Waals surface area contributed by atoms with Gasteiger partial charge in [0.1, 0.15) is 0 Å². The van der Waals surface area contributed by atoms with Gasteiger partial charge < -0.3 is 13.7 Å². The molecule has 4 heterocycles. The molecule has 0 aliphatic carbocycles. The second kappa shape index (κ2) is 22.5. The molecule has 0 saturated carbocycles. The van der Waals surface area contributed by atoms with Crippen molar-refractivity contribution in [2.75, 3.05) is 0 Å². The summed E-state index contributed by atoms with van der Waals surface area (Å²) in [5, 5.41) is 7.16. The molecular weight excluding hydrogens is 1150 g/mol. The fraction of sp³-hybridized carbons (Fsp3) is 0.0899. The minimum absolute atomic E-state index is 0.614. The highest BCUT2D eigenvalue weighted by Gasteiger charge is 2.23. The van der Waals surface area contributed by atoms with Gasteiger partial charge in [0.25, 0.3) is 0 Å². The third-order valence-corrected chi connectivity index (χ3v) is 19.9. The van der Waals surface area contributed by atoms with E-state index < -0.39 is 0 Å². The topological polar surface area (TPSA) is 53.5 Å². The van der Waals surface area contributed by atoms with E-state index in [0.717, 1.165) is 77.6 Å². The van der Waals surface area contributed by atoms with Crippen molar-refractivity contribution in [2.24, 2.45) is 0 Å². The molecule has 17 rings (SSSR count). The summed E-state index contributed by atoms with van der Waals surface area (Å²) in [6, 6.07) is 98.2. The van der Waals surface area contributed by atoms with Crippen LogP contribution in [-0.4, -0.2) is 28.7 Å². The molecule has 0 atom stereocenters. The molecule has 0 bridgehead atoms. The number of nitrogens with zero attached hydrogens (tertiary/aromatic N) is 6. The van der Waals surface area contributed by atoms with Crippen molar-refractivity contribution >= 4 is 65.4 Å². The predicted molar refractivity (Wildman–Crippen MR) is 399 cm³/mol. The number of hydrogen-bond donors (Lipinski definition) is 0. The zero-order valence-corrected chi connectivity index (χ0v) is 54.6. The summed E-state index contributed by atoms with van der Waals surface area (Å²) in [4.78, 5) is 15.3. The van der Waals surface area contributed by atoms with Gasteiger partial charge in [0, 0.05) is 66.1 Å². The lowest BCUT2D eigenvalue weighted by Gasteiger charge is -2.13. The van der Waals surface area contributed by atoms with Crippen molar-refractivity contribution < 1.29 is 0 Å². The highest BCUT2D eigenvalue weighted by Crippen LogP contribution is 2.45. The van der Waals surface area contributed by atoms with Crippen LogP contribution in [0.1, 0.15) is 44.5 Å². The maximum atomic E-state index is 5.12. The van der Waals surface area contributed by atoms with Gasteiger partial charge in [-0.25, -0.2) is 15.0 Å². The molecule has 13 aromatic carbocycles. The standard InChI is InChI=1S/C89H68N6/c1-53-19-15-20-54(2)83(53)64-33-41-77-71(47-64)72-48-65(84-55(3)21-16-22-56(84)4)34-42-78(72)94(77)69-39-45-81-75(51-69)76-52-70(40-46-82(76)93(81)68-37-31-63(32-38-68)89-91-87(61-27-11-9-12-28-61)90-88(92-89)62-29-13-10-14-30-62)95-79-43-35-66(85-57(5)23-17-24-58(85)6)49-73(79)74-50-67(36-44-80(74)95)86-59(7)25-18-26-60(86)8/h9-52H,1-8H3. The van der Waals surface area contributed by atoms with Crippen molar-refractivity contribution in [1.82, 2.24) is 28.7 Å². The first kappa shape index (κ1) is 57.2. The van der Waals surface area contributed by atoms with Crippen molar-refractivity contribution in [1.29, 1.82) is 0 Å². The Bertz CT molecular complexity index is 5340. The molecule has 0 saturated heterocycles. The monoisotopic (exact) mass is 1220 g/mol. The highest BCUT2D eigenvalue weighted by molar-refractivity contribution is 6.16. The molecule has 17 aromatic rings. The van der Waals surface area contributed by atoms with E-state index in [2.05, 4.69) is 300 Å². The van der Waals surface area contributed by atoms with Crippen molar-refractivity contribution in [3.05, 3.63) is 311 Å². The van der Waals surface area contributed by atoms with Crippen LogP contribution >= 0.6 is 0 Å². The fourth-order valence-corrected chi connectivity index (χ4v) is 15.6. The Morgan fingerprint density at radius 3 is 0.695 bits per heavy atom. The van der Waals surface area contributed by atoms with Gasteiger partial charge >= 0.3 is 0 Å². The molecule has 4 aromatic heterocycles. The van der Waals surface area contributed by atoms with Crippen LogP contribution in [0.3, 0.4) is 0 Å². The molecule has 454 valence electrons. The van der Waals surface area contributed by atoms with E-state index in [1.54, 1.807) is 0 Å². The van der Waals surface area contributed by atoms with Crippen molar-refractivity contribution in [3.63, 3.8) is 0 Å². The molecule has 0 N–H and O–H groups in total. The van der Waals surface area contributed by atoms with Crippen LogP contribution in [0.25, 0.3) is 161 Å². The highest BCUT2D eigenvalue weighted by atomic mass is 15.0. The van der Waals surface area contributed by atoms with Gasteiger partial charge in [0.05, 0.1) is 33.1 Å². The third kappa shape index (κ3) is 9.50. The van der Waals surface area contributed by atoms with E-state index in [-0.39, 0.29) is 0 Å². The van der Waals surface area contributed by atoms with Gasteiger partial charge in [-0.2, -0.15) is 0 Å². The summed E-state index contributed by atoms with van der Waals surface area (Å²) in [5.74, 6) is 1.88. The van der Waals surface area contributed by atoms with Gasteiger partial charge in [-0.05, 0) is 254 Å². The van der Waals surface area contributed by atoms with Gasteiger partial charge in [0.2, 0.25) is 0 Å².